The van der Waals surface area contributed by atoms with Gasteiger partial charge in [-0.2, -0.15) is 0 Å². The van der Waals surface area contributed by atoms with Crippen molar-refractivity contribution in [3.8, 4) is 0 Å². The molecule has 0 fully saturated rings. The summed E-state index contributed by atoms with van der Waals surface area (Å²) in [5.41, 5.74) is 0. The lowest BCUT2D eigenvalue weighted by molar-refractivity contribution is -0.134. The maximum Gasteiger partial charge on any atom is 0.328 e. The van der Waals surface area contributed by atoms with Crippen molar-refractivity contribution in [2.45, 2.75) is 0 Å². The first-order chi connectivity index (χ1) is 5.54. The van der Waals surface area contributed by atoms with Gasteiger partial charge in [0, 0.05) is 12.2 Å². The number of nitrogens with one attached hydrogen (secondary N) is 1. The summed E-state index contributed by atoms with van der Waals surface area (Å²) in [5, 5.41) is 25.9. The number of carboxylic acids is 2. The van der Waals surface area contributed by atoms with E-state index in [0.717, 1.165) is 0 Å². The highest BCUT2D eigenvalue weighted by molar-refractivity contribution is 5.89. The Labute approximate surface area is 69.1 Å². The lowest BCUT2D eigenvalue weighted by atomic mass is 10.5. The van der Waals surface area contributed by atoms with E-state index in [0.29, 0.717) is 12.2 Å². The maximum atomic E-state index is 9.55. The lowest BCUT2D eigenvalue weighted by Gasteiger charge is -1.76. The van der Waals surface area contributed by atoms with E-state index in [1.807, 2.05) is 0 Å². The van der Waals surface area contributed by atoms with E-state index in [9.17, 15) is 9.59 Å². The Morgan fingerprint density at radius 1 is 1.25 bits per heavy atom. The van der Waals surface area contributed by atoms with Crippen molar-refractivity contribution in [3.63, 3.8) is 0 Å². The van der Waals surface area contributed by atoms with Crippen molar-refractivity contribution < 1.29 is 24.9 Å². The van der Waals surface area contributed by atoms with Crippen LogP contribution in [0, 0.1) is 0 Å². The van der Waals surface area contributed by atoms with E-state index in [1.54, 1.807) is 7.05 Å². The molecule has 70 valence electrons. The minimum atomic E-state index is -1.26. The van der Waals surface area contributed by atoms with Crippen LogP contribution in [0.3, 0.4) is 0 Å². The third-order valence-corrected chi connectivity index (χ3v) is 0.527. The summed E-state index contributed by atoms with van der Waals surface area (Å²) < 4.78 is 0. The van der Waals surface area contributed by atoms with E-state index in [-0.39, 0.29) is 6.73 Å². The van der Waals surface area contributed by atoms with Crippen LogP contribution in [0.1, 0.15) is 0 Å². The molecular formula is C6H11NO5. The zero-order chi connectivity index (χ0) is 9.98. The Hall–Kier alpha value is -1.40. The number of carboxylic acid groups (broad SMARTS) is 2. The molecule has 0 radical (unpaired) electrons. The number of aliphatic hydroxyl groups excluding tert-OH is 1. The molecule has 6 nitrogen and oxygen atoms in total. The molecule has 12 heavy (non-hydrogen) atoms. The molecule has 6 heteroatoms. The van der Waals surface area contributed by atoms with Crippen LogP contribution >= 0.6 is 0 Å². The Balaban J connectivity index is 0. The van der Waals surface area contributed by atoms with Gasteiger partial charge in [0.2, 0.25) is 0 Å². The van der Waals surface area contributed by atoms with Gasteiger partial charge in [0.25, 0.3) is 0 Å². The lowest BCUT2D eigenvalue weighted by Crippen LogP contribution is -2.04. The van der Waals surface area contributed by atoms with Crippen molar-refractivity contribution in [1.82, 2.24) is 5.32 Å². The molecule has 0 aliphatic heterocycles. The van der Waals surface area contributed by atoms with Crippen LogP contribution in [-0.2, 0) is 9.59 Å². The minimum absolute atomic E-state index is 0.0694. The van der Waals surface area contributed by atoms with E-state index < -0.39 is 11.9 Å². The Kier molecular flexibility index (Phi) is 10.6. The molecule has 0 aromatic carbocycles. The maximum absolute atomic E-state index is 9.55. The van der Waals surface area contributed by atoms with Crippen LogP contribution in [0.25, 0.3) is 0 Å². The van der Waals surface area contributed by atoms with Crippen molar-refractivity contribution >= 4 is 11.9 Å². The molecule has 0 unspecified atom stereocenters. The van der Waals surface area contributed by atoms with Crippen LogP contribution in [0.5, 0.6) is 0 Å². The fraction of sp³-hybridized carbons (Fsp3) is 0.333. The molecule has 0 rings (SSSR count). The van der Waals surface area contributed by atoms with Gasteiger partial charge in [0.15, 0.2) is 0 Å². The summed E-state index contributed by atoms with van der Waals surface area (Å²) >= 11 is 0. The highest BCUT2D eigenvalue weighted by Gasteiger charge is 1.88. The molecule has 0 saturated heterocycles. The van der Waals surface area contributed by atoms with Gasteiger partial charge in [0.1, 0.15) is 0 Å². The number of hydrogen-bond donors (Lipinski definition) is 4. The van der Waals surface area contributed by atoms with E-state index in [2.05, 4.69) is 5.32 Å². The van der Waals surface area contributed by atoms with E-state index in [4.69, 9.17) is 15.3 Å². The third kappa shape index (κ3) is 23.5. The zero-order valence-electron chi connectivity index (χ0n) is 6.52. The van der Waals surface area contributed by atoms with Gasteiger partial charge in [-0.1, -0.05) is 0 Å². The Morgan fingerprint density at radius 3 is 1.58 bits per heavy atom. The Bertz CT molecular complexity index is 147. The summed E-state index contributed by atoms with van der Waals surface area (Å²) in [6, 6.07) is 0. The predicted octanol–water partition coefficient (Wildman–Crippen LogP) is -1.13. The fourth-order valence-corrected chi connectivity index (χ4v) is 0.143. The van der Waals surface area contributed by atoms with Gasteiger partial charge >= 0.3 is 11.9 Å². The van der Waals surface area contributed by atoms with Gasteiger partial charge in [-0.25, -0.2) is 9.59 Å². The summed E-state index contributed by atoms with van der Waals surface area (Å²) in [5.74, 6) is -2.51. The Morgan fingerprint density at radius 2 is 1.50 bits per heavy atom. The topological polar surface area (TPSA) is 107 Å². The largest absolute Gasteiger partial charge is 0.478 e. The summed E-state index contributed by atoms with van der Waals surface area (Å²) in [6.07, 6.45) is 1.12. The molecule has 0 saturated carbocycles. The summed E-state index contributed by atoms with van der Waals surface area (Å²) in [7, 11) is 1.68. The van der Waals surface area contributed by atoms with E-state index in [1.165, 1.54) is 0 Å². The second kappa shape index (κ2) is 9.60. The average molecular weight is 177 g/mol. The van der Waals surface area contributed by atoms with Crippen LogP contribution in [0.2, 0.25) is 0 Å². The van der Waals surface area contributed by atoms with Crippen LogP contribution in [0.15, 0.2) is 12.2 Å². The number of rotatable bonds is 3. The molecule has 0 aromatic heterocycles. The first-order valence-corrected chi connectivity index (χ1v) is 2.94. The first-order valence-electron chi connectivity index (χ1n) is 2.94. The average Bonchev–Trinajstić information content (AvgIpc) is 2.01. The SMILES string of the molecule is CNCO.O=C(O)/C=C\C(=O)O. The summed E-state index contributed by atoms with van der Waals surface area (Å²) in [4.78, 5) is 19.1. The van der Waals surface area contributed by atoms with Crippen molar-refractivity contribution in [1.29, 1.82) is 0 Å². The predicted molar refractivity (Wildman–Crippen MR) is 40.6 cm³/mol. The molecule has 4 N–H and O–H groups in total. The molecule has 0 aliphatic rings. The monoisotopic (exact) mass is 177 g/mol. The number of hydrogen-bond acceptors (Lipinski definition) is 4. The normalized spacial score (nSPS) is 8.83. The van der Waals surface area contributed by atoms with Gasteiger partial charge in [0.05, 0.1) is 6.73 Å². The third-order valence-electron chi connectivity index (χ3n) is 0.527. The highest BCUT2D eigenvalue weighted by atomic mass is 16.4. The molecule has 0 aromatic rings. The second-order valence-corrected chi connectivity index (χ2v) is 1.52. The quantitative estimate of drug-likeness (QED) is 0.321. The molecule has 0 amide bonds. The minimum Gasteiger partial charge on any atom is -0.478 e. The standard InChI is InChI=1S/C4H4O4.C2H7NO/c5-3(6)1-2-4(7)8;1-3-2-4/h1-2H,(H,5,6)(H,7,8);3-4H,2H2,1H3/b2-1-;. The molecule has 0 bridgehead atoms. The van der Waals surface area contributed by atoms with Gasteiger partial charge in [-0.15, -0.1) is 0 Å². The van der Waals surface area contributed by atoms with Gasteiger partial charge in [-0.05, 0) is 7.05 Å². The number of aliphatic carboxylic acids is 2. The van der Waals surface area contributed by atoms with Crippen LogP contribution in [0.4, 0.5) is 0 Å². The van der Waals surface area contributed by atoms with Gasteiger partial charge in [-0.3, -0.25) is 5.32 Å². The molecule has 0 atom stereocenters. The van der Waals surface area contributed by atoms with Gasteiger partial charge < -0.3 is 15.3 Å². The molecule has 0 heterocycles. The highest BCUT2D eigenvalue weighted by Crippen LogP contribution is 1.70. The number of aliphatic hydroxyl groups is 1. The smallest absolute Gasteiger partial charge is 0.328 e. The van der Waals surface area contributed by atoms with Crippen molar-refractivity contribution in [2.24, 2.45) is 0 Å². The van der Waals surface area contributed by atoms with E-state index >= 15 is 0 Å². The van der Waals surface area contributed by atoms with Crippen LogP contribution < -0.4 is 5.32 Å². The number of carbonyl (C=O) groups is 2. The molecular weight excluding hydrogens is 166 g/mol. The second-order valence-electron chi connectivity index (χ2n) is 1.52. The zero-order valence-corrected chi connectivity index (χ0v) is 6.52. The van der Waals surface area contributed by atoms with Crippen molar-refractivity contribution in [2.75, 3.05) is 13.8 Å². The molecule has 0 spiro atoms. The van der Waals surface area contributed by atoms with Crippen LogP contribution in [-0.4, -0.2) is 41.0 Å². The van der Waals surface area contributed by atoms with Crippen molar-refractivity contribution in [3.05, 3.63) is 12.2 Å². The molecule has 0 aliphatic carbocycles. The summed E-state index contributed by atoms with van der Waals surface area (Å²) in [6.45, 7) is 0.0694. The first kappa shape index (κ1) is 13.2. The fourth-order valence-electron chi connectivity index (χ4n) is 0.143.